The van der Waals surface area contributed by atoms with Crippen LogP contribution in [0.5, 0.6) is 0 Å². The molecule has 0 unspecified atom stereocenters. The molecule has 8 nitrogen and oxygen atoms in total. The largest absolute Gasteiger partial charge is 0.473 e. The summed E-state index contributed by atoms with van der Waals surface area (Å²) in [6, 6.07) is 0. The number of hydrogen-bond acceptors (Lipinski definition) is 6. The van der Waals surface area contributed by atoms with E-state index >= 15 is 0 Å². The first-order chi connectivity index (χ1) is 9.97. The lowest BCUT2D eigenvalue weighted by molar-refractivity contribution is -0.159. The Hall–Kier alpha value is -2.22. The van der Waals surface area contributed by atoms with Gasteiger partial charge in [-0.2, -0.15) is 4.98 Å². The zero-order valence-electron chi connectivity index (χ0n) is 11.7. The molecule has 2 heterocycles. The summed E-state index contributed by atoms with van der Waals surface area (Å²) in [7, 11) is 2.12. The van der Waals surface area contributed by atoms with Crippen LogP contribution in [0.15, 0.2) is 10.6 Å². The molecule has 21 heavy (non-hydrogen) atoms. The van der Waals surface area contributed by atoms with Crippen LogP contribution >= 0.6 is 0 Å². The number of aromatic nitrogens is 2. The van der Waals surface area contributed by atoms with Crippen LogP contribution in [-0.2, 0) is 9.59 Å². The molecule has 0 aromatic carbocycles. The van der Waals surface area contributed by atoms with E-state index in [0.717, 1.165) is 31.2 Å². The minimum atomic E-state index is -1.82. The predicted molar refractivity (Wildman–Crippen MR) is 71.6 cm³/mol. The second kappa shape index (κ2) is 6.49. The maximum atomic E-state index is 9.10. The smallest absolute Gasteiger partial charge is 0.414 e. The van der Waals surface area contributed by atoms with Gasteiger partial charge in [-0.1, -0.05) is 11.2 Å². The van der Waals surface area contributed by atoms with E-state index in [1.807, 2.05) is 0 Å². The van der Waals surface area contributed by atoms with Crippen LogP contribution in [0.1, 0.15) is 36.9 Å². The third-order valence-corrected chi connectivity index (χ3v) is 3.25. The third kappa shape index (κ3) is 4.38. The molecular formula is C13H17N3O5. The topological polar surface area (TPSA) is 117 Å². The number of carboxylic acids is 2. The van der Waals surface area contributed by atoms with Crippen LogP contribution in [0.2, 0.25) is 0 Å². The summed E-state index contributed by atoms with van der Waals surface area (Å²) >= 11 is 0. The van der Waals surface area contributed by atoms with E-state index in [0.29, 0.717) is 5.92 Å². The molecule has 0 amide bonds. The van der Waals surface area contributed by atoms with E-state index < -0.39 is 11.9 Å². The van der Waals surface area contributed by atoms with Gasteiger partial charge < -0.3 is 19.6 Å². The molecule has 1 aliphatic carbocycles. The van der Waals surface area contributed by atoms with Gasteiger partial charge in [-0.05, 0) is 31.9 Å². The molecule has 1 aromatic rings. The van der Waals surface area contributed by atoms with Crippen LogP contribution in [0.3, 0.4) is 0 Å². The summed E-state index contributed by atoms with van der Waals surface area (Å²) in [6.07, 6.45) is 5.65. The van der Waals surface area contributed by atoms with E-state index in [1.54, 1.807) is 0 Å². The minimum Gasteiger partial charge on any atom is -0.473 e. The standard InChI is InChI=1S/C11H15N3O.C2H2O4/c1-14-6-4-8(5-7-14)10-12-11(15-13-10)9-2-3-9;3-1(4)2(5)6/h4,9H,2-3,5-7H2,1H3;(H,3,4)(H,5,6). The van der Waals surface area contributed by atoms with Crippen LogP contribution < -0.4 is 0 Å². The molecule has 0 bridgehead atoms. The Kier molecular flexibility index (Phi) is 4.69. The zero-order chi connectivity index (χ0) is 15.4. The van der Waals surface area contributed by atoms with E-state index in [2.05, 4.69) is 28.2 Å². The number of likely N-dealkylation sites (N-methyl/N-ethyl adjacent to an activating group) is 1. The summed E-state index contributed by atoms with van der Waals surface area (Å²) in [5, 5.41) is 18.8. The molecule has 1 fully saturated rings. The molecule has 0 saturated heterocycles. The third-order valence-electron chi connectivity index (χ3n) is 3.25. The van der Waals surface area contributed by atoms with Gasteiger partial charge in [0.15, 0.2) is 5.82 Å². The fraction of sp³-hybridized carbons (Fsp3) is 0.538. The van der Waals surface area contributed by atoms with Crippen molar-refractivity contribution in [1.29, 1.82) is 0 Å². The molecule has 0 radical (unpaired) electrons. The lowest BCUT2D eigenvalue weighted by atomic mass is 10.1. The highest BCUT2D eigenvalue weighted by atomic mass is 16.5. The maximum absolute atomic E-state index is 9.10. The molecule has 1 aromatic heterocycles. The van der Waals surface area contributed by atoms with Gasteiger partial charge >= 0.3 is 11.9 Å². The fourth-order valence-electron chi connectivity index (χ4n) is 1.84. The average molecular weight is 295 g/mol. The number of hydrogen-bond donors (Lipinski definition) is 2. The second-order valence-corrected chi connectivity index (χ2v) is 5.08. The quantitative estimate of drug-likeness (QED) is 0.770. The molecule has 0 spiro atoms. The predicted octanol–water partition coefficient (Wildman–Crippen LogP) is 0.822. The van der Waals surface area contributed by atoms with Gasteiger partial charge in [0, 0.05) is 19.0 Å². The number of carboxylic acid groups (broad SMARTS) is 2. The van der Waals surface area contributed by atoms with Crippen molar-refractivity contribution in [2.45, 2.75) is 25.2 Å². The van der Waals surface area contributed by atoms with Crippen LogP contribution in [0.25, 0.3) is 5.57 Å². The molecule has 0 atom stereocenters. The van der Waals surface area contributed by atoms with Gasteiger partial charge in [0.25, 0.3) is 0 Å². The van der Waals surface area contributed by atoms with Gasteiger partial charge in [-0.15, -0.1) is 0 Å². The lowest BCUT2D eigenvalue weighted by Gasteiger charge is -2.19. The first-order valence-electron chi connectivity index (χ1n) is 6.65. The van der Waals surface area contributed by atoms with Crippen LogP contribution in [0, 0.1) is 0 Å². The molecule has 1 saturated carbocycles. The molecule has 114 valence electrons. The maximum Gasteiger partial charge on any atom is 0.414 e. The Morgan fingerprint density at radius 3 is 2.48 bits per heavy atom. The van der Waals surface area contributed by atoms with Gasteiger partial charge in [-0.25, -0.2) is 9.59 Å². The molecule has 2 aliphatic rings. The normalized spacial score (nSPS) is 18.4. The first-order valence-corrected chi connectivity index (χ1v) is 6.65. The van der Waals surface area contributed by atoms with E-state index in [-0.39, 0.29) is 0 Å². The highest BCUT2D eigenvalue weighted by molar-refractivity contribution is 6.27. The van der Waals surface area contributed by atoms with E-state index in [1.165, 1.54) is 18.4 Å². The minimum absolute atomic E-state index is 0.554. The highest BCUT2D eigenvalue weighted by Gasteiger charge is 2.30. The number of nitrogens with zero attached hydrogens (tertiary/aromatic N) is 3. The van der Waals surface area contributed by atoms with Crippen molar-refractivity contribution in [3.05, 3.63) is 17.8 Å². The highest BCUT2D eigenvalue weighted by Crippen LogP contribution is 2.39. The summed E-state index contributed by atoms with van der Waals surface area (Å²) in [4.78, 5) is 24.9. The van der Waals surface area contributed by atoms with Crippen molar-refractivity contribution in [3.8, 4) is 0 Å². The summed E-state index contributed by atoms with van der Waals surface area (Å²) in [5.41, 5.74) is 1.24. The van der Waals surface area contributed by atoms with Crippen LogP contribution in [-0.4, -0.2) is 57.3 Å². The van der Waals surface area contributed by atoms with Gasteiger partial charge in [0.2, 0.25) is 5.89 Å². The first kappa shape index (κ1) is 15.2. The molecule has 2 N–H and O–H groups in total. The van der Waals surface area contributed by atoms with Crippen molar-refractivity contribution in [1.82, 2.24) is 15.0 Å². The Morgan fingerprint density at radius 2 is 2.00 bits per heavy atom. The Labute approximate surface area is 121 Å². The second-order valence-electron chi connectivity index (χ2n) is 5.08. The average Bonchev–Trinajstić information content (AvgIpc) is 3.18. The van der Waals surface area contributed by atoms with Crippen molar-refractivity contribution in [2.24, 2.45) is 0 Å². The number of carbonyl (C=O) groups is 2. The summed E-state index contributed by atoms with van der Waals surface area (Å²) < 4.78 is 5.25. The number of rotatable bonds is 2. The van der Waals surface area contributed by atoms with Crippen LogP contribution in [0.4, 0.5) is 0 Å². The van der Waals surface area contributed by atoms with E-state index in [4.69, 9.17) is 24.3 Å². The van der Waals surface area contributed by atoms with Crippen molar-refractivity contribution < 1.29 is 24.3 Å². The Morgan fingerprint density at radius 1 is 1.33 bits per heavy atom. The van der Waals surface area contributed by atoms with Crippen molar-refractivity contribution >= 4 is 17.5 Å². The SMILES string of the molecule is CN1CC=C(c2noc(C3CC3)n2)CC1.O=C(O)C(=O)O. The zero-order valence-corrected chi connectivity index (χ0v) is 11.7. The Balaban J connectivity index is 0.000000232. The lowest BCUT2D eigenvalue weighted by Crippen LogP contribution is -2.23. The van der Waals surface area contributed by atoms with Gasteiger partial charge in [-0.3, -0.25) is 0 Å². The monoisotopic (exact) mass is 295 g/mol. The van der Waals surface area contributed by atoms with E-state index in [9.17, 15) is 0 Å². The van der Waals surface area contributed by atoms with Gasteiger partial charge in [0.1, 0.15) is 0 Å². The fourth-order valence-corrected chi connectivity index (χ4v) is 1.84. The molecular weight excluding hydrogens is 278 g/mol. The van der Waals surface area contributed by atoms with Crippen molar-refractivity contribution in [2.75, 3.05) is 20.1 Å². The number of aliphatic carboxylic acids is 2. The van der Waals surface area contributed by atoms with Gasteiger partial charge in [0.05, 0.1) is 0 Å². The molecule has 1 aliphatic heterocycles. The summed E-state index contributed by atoms with van der Waals surface area (Å²) in [6.45, 7) is 2.07. The van der Waals surface area contributed by atoms with Crippen molar-refractivity contribution in [3.63, 3.8) is 0 Å². The molecule has 3 rings (SSSR count). The Bertz CT molecular complexity index is 550. The molecule has 8 heteroatoms. The summed E-state index contributed by atoms with van der Waals surface area (Å²) in [5.74, 6) is -1.45.